The van der Waals surface area contributed by atoms with Gasteiger partial charge < -0.3 is 20.0 Å². The van der Waals surface area contributed by atoms with Crippen molar-refractivity contribution in [2.45, 2.75) is 24.9 Å². The van der Waals surface area contributed by atoms with Gasteiger partial charge in [-0.3, -0.25) is 14.5 Å². The smallest absolute Gasteiger partial charge is 0.322 e. The Hall–Kier alpha value is -2.84. The molecule has 0 bridgehead atoms. The van der Waals surface area contributed by atoms with Crippen molar-refractivity contribution < 1.29 is 14.4 Å². The molecule has 33 heavy (non-hydrogen) atoms. The fraction of sp³-hybridized carbons (Fsp3) is 0.458. The van der Waals surface area contributed by atoms with E-state index in [-0.39, 0.29) is 43.5 Å². The normalized spacial score (nSPS) is 21.8. The highest BCUT2D eigenvalue weighted by molar-refractivity contribution is 6.31. The number of nitrogens with one attached hydrogen (secondary N) is 1. The summed E-state index contributed by atoms with van der Waals surface area (Å²) in [5.41, 5.74) is 1.71. The molecule has 176 valence electrons. The van der Waals surface area contributed by atoms with Crippen LogP contribution in [0.25, 0.3) is 0 Å². The monoisotopic (exact) mass is 471 g/mol. The fourth-order valence-electron chi connectivity index (χ4n) is 4.80. The van der Waals surface area contributed by atoms with Crippen molar-refractivity contribution in [1.82, 2.24) is 24.9 Å². The average Bonchev–Trinajstić information content (AvgIpc) is 3.12. The molecule has 1 N–H and O–H groups in total. The van der Waals surface area contributed by atoms with Crippen molar-refractivity contribution in [3.05, 3.63) is 58.8 Å². The molecule has 4 rings (SSSR count). The van der Waals surface area contributed by atoms with Crippen LogP contribution in [0.15, 0.2) is 48.2 Å². The van der Waals surface area contributed by atoms with E-state index in [4.69, 9.17) is 11.6 Å². The molecule has 3 heterocycles. The summed E-state index contributed by atoms with van der Waals surface area (Å²) < 4.78 is 0. The number of piperidine rings is 1. The molecule has 1 atom stereocenters. The summed E-state index contributed by atoms with van der Waals surface area (Å²) >= 11 is 6.41. The molecule has 0 saturated carbocycles. The second-order valence-corrected chi connectivity index (χ2v) is 9.27. The number of carbonyl (C=O) groups excluding carboxylic acids is 3. The quantitative estimate of drug-likeness (QED) is 0.645. The maximum atomic E-state index is 13.5. The Balaban J connectivity index is 1.57. The molecule has 8 nitrogen and oxygen atoms in total. The van der Waals surface area contributed by atoms with Crippen LogP contribution in [0.2, 0.25) is 5.02 Å². The number of carbonyl (C=O) groups is 3. The van der Waals surface area contributed by atoms with Crippen LogP contribution in [0.5, 0.6) is 0 Å². The largest absolute Gasteiger partial charge is 0.341 e. The molecular weight excluding hydrogens is 442 g/mol. The van der Waals surface area contributed by atoms with Crippen LogP contribution in [0.1, 0.15) is 24.4 Å². The minimum absolute atomic E-state index is 0.0277. The van der Waals surface area contributed by atoms with Gasteiger partial charge in [0, 0.05) is 24.7 Å². The molecule has 1 aromatic carbocycles. The van der Waals surface area contributed by atoms with Crippen molar-refractivity contribution in [2.24, 2.45) is 0 Å². The zero-order valence-corrected chi connectivity index (χ0v) is 19.8. The molecule has 1 fully saturated rings. The van der Waals surface area contributed by atoms with E-state index in [0.717, 1.165) is 25.9 Å². The van der Waals surface area contributed by atoms with Crippen molar-refractivity contribution in [1.29, 1.82) is 0 Å². The highest BCUT2D eigenvalue weighted by atomic mass is 35.5. The first-order valence-electron chi connectivity index (χ1n) is 11.2. The van der Waals surface area contributed by atoms with Gasteiger partial charge in [-0.2, -0.15) is 0 Å². The number of amides is 4. The predicted molar refractivity (Wildman–Crippen MR) is 127 cm³/mol. The van der Waals surface area contributed by atoms with Gasteiger partial charge in [0.25, 0.3) is 5.91 Å². The summed E-state index contributed by atoms with van der Waals surface area (Å²) in [5.74, 6) is -0.351. The van der Waals surface area contributed by atoms with E-state index in [1.807, 2.05) is 13.1 Å². The lowest BCUT2D eigenvalue weighted by Crippen LogP contribution is -2.48. The Morgan fingerprint density at radius 1 is 1.27 bits per heavy atom. The number of likely N-dealkylation sites (tertiary alicyclic amines) is 1. The Kier molecular flexibility index (Phi) is 6.76. The van der Waals surface area contributed by atoms with Gasteiger partial charge in [0.1, 0.15) is 6.54 Å². The highest BCUT2D eigenvalue weighted by Gasteiger charge is 2.45. The predicted octanol–water partition coefficient (Wildman–Crippen LogP) is 2.24. The second kappa shape index (κ2) is 9.57. The molecule has 0 aliphatic carbocycles. The lowest BCUT2D eigenvalue weighted by Gasteiger charge is -2.35. The first-order valence-corrected chi connectivity index (χ1v) is 11.6. The van der Waals surface area contributed by atoms with E-state index in [1.165, 1.54) is 9.80 Å². The molecule has 0 radical (unpaired) electrons. The first-order chi connectivity index (χ1) is 15.8. The lowest BCUT2D eigenvalue weighted by molar-refractivity contribution is -0.138. The highest BCUT2D eigenvalue weighted by Crippen LogP contribution is 2.38. The molecule has 9 heteroatoms. The Bertz CT molecular complexity index is 1000. The summed E-state index contributed by atoms with van der Waals surface area (Å²) in [6.45, 7) is 6.07. The van der Waals surface area contributed by atoms with Gasteiger partial charge >= 0.3 is 6.03 Å². The minimum atomic E-state index is -0.665. The Labute approximate surface area is 199 Å². The third-order valence-electron chi connectivity index (χ3n) is 6.78. The Morgan fingerprint density at radius 2 is 1.97 bits per heavy atom. The number of hydrogen-bond donors (Lipinski definition) is 1. The SMILES string of the molecule is C=CCN1C(=O)NC(c2ccccc2Cl)C2=C1CN(CC(=O)N(C)C1CCN(C)CC1)C2=O. The standard InChI is InChI=1S/C24H30ClN5O3/c1-4-11-30-19-14-29(15-20(31)28(3)16-9-12-27(2)13-10-16)23(32)21(19)22(26-24(30)33)17-7-5-6-8-18(17)25/h4-8,16,22H,1,9-15H2,2-3H3,(H,26,33). The number of hydrogen-bond acceptors (Lipinski definition) is 4. The topological polar surface area (TPSA) is 76.2 Å². The summed E-state index contributed by atoms with van der Waals surface area (Å²) in [5, 5.41) is 3.38. The molecule has 1 unspecified atom stereocenters. The van der Waals surface area contributed by atoms with Crippen molar-refractivity contribution in [2.75, 3.05) is 46.8 Å². The summed E-state index contributed by atoms with van der Waals surface area (Å²) in [6.07, 6.45) is 3.45. The van der Waals surface area contributed by atoms with E-state index < -0.39 is 6.04 Å². The van der Waals surface area contributed by atoms with Gasteiger partial charge in [-0.05, 0) is 44.6 Å². The number of rotatable bonds is 6. The maximum Gasteiger partial charge on any atom is 0.322 e. The molecular formula is C24H30ClN5O3. The van der Waals surface area contributed by atoms with Crippen molar-refractivity contribution in [3.63, 3.8) is 0 Å². The lowest BCUT2D eigenvalue weighted by atomic mass is 9.95. The number of likely N-dealkylation sites (N-methyl/N-ethyl adjacent to an activating group) is 1. The molecule has 3 aliphatic rings. The third kappa shape index (κ3) is 4.50. The summed E-state index contributed by atoms with van der Waals surface area (Å²) in [4.78, 5) is 46.5. The number of urea groups is 1. The van der Waals surface area contributed by atoms with Crippen LogP contribution in [0.4, 0.5) is 4.79 Å². The van der Waals surface area contributed by atoms with E-state index in [2.05, 4.69) is 23.8 Å². The van der Waals surface area contributed by atoms with E-state index >= 15 is 0 Å². The summed E-state index contributed by atoms with van der Waals surface area (Å²) in [7, 11) is 3.89. The number of nitrogens with zero attached hydrogens (tertiary/aromatic N) is 4. The zero-order chi connectivity index (χ0) is 23.7. The maximum absolute atomic E-state index is 13.5. The van der Waals surface area contributed by atoms with Crippen LogP contribution in [0, 0.1) is 0 Å². The van der Waals surface area contributed by atoms with Gasteiger partial charge in [0.05, 0.1) is 23.9 Å². The van der Waals surface area contributed by atoms with Crippen molar-refractivity contribution in [3.8, 4) is 0 Å². The molecule has 1 aromatic rings. The molecule has 0 spiro atoms. The van der Waals surface area contributed by atoms with Crippen LogP contribution in [-0.2, 0) is 9.59 Å². The van der Waals surface area contributed by atoms with E-state index in [1.54, 1.807) is 29.2 Å². The van der Waals surface area contributed by atoms with Gasteiger partial charge in [0.15, 0.2) is 0 Å². The fourth-order valence-corrected chi connectivity index (χ4v) is 5.05. The van der Waals surface area contributed by atoms with Crippen LogP contribution in [0.3, 0.4) is 0 Å². The van der Waals surface area contributed by atoms with Crippen molar-refractivity contribution >= 4 is 29.4 Å². The van der Waals surface area contributed by atoms with Crippen LogP contribution in [-0.4, -0.2) is 90.3 Å². The van der Waals surface area contributed by atoms with Gasteiger partial charge in [-0.15, -0.1) is 6.58 Å². The summed E-state index contributed by atoms with van der Waals surface area (Å²) in [6, 6.07) is 6.35. The third-order valence-corrected chi connectivity index (χ3v) is 7.12. The van der Waals surface area contributed by atoms with Gasteiger partial charge in [-0.25, -0.2) is 4.79 Å². The molecule has 1 saturated heterocycles. The van der Waals surface area contributed by atoms with E-state index in [0.29, 0.717) is 21.9 Å². The minimum Gasteiger partial charge on any atom is -0.341 e. The molecule has 3 aliphatic heterocycles. The Morgan fingerprint density at radius 3 is 2.64 bits per heavy atom. The number of benzene rings is 1. The van der Waals surface area contributed by atoms with Gasteiger partial charge in [-0.1, -0.05) is 35.9 Å². The molecule has 0 aromatic heterocycles. The zero-order valence-electron chi connectivity index (χ0n) is 19.1. The molecule has 4 amide bonds. The van der Waals surface area contributed by atoms with Crippen LogP contribution >= 0.6 is 11.6 Å². The van der Waals surface area contributed by atoms with Gasteiger partial charge in [0.2, 0.25) is 5.91 Å². The van der Waals surface area contributed by atoms with Crippen LogP contribution < -0.4 is 5.32 Å². The number of halogens is 1. The first kappa shape index (κ1) is 23.3. The average molecular weight is 472 g/mol. The second-order valence-electron chi connectivity index (χ2n) is 8.86. The van der Waals surface area contributed by atoms with E-state index in [9.17, 15) is 14.4 Å².